The Morgan fingerprint density at radius 2 is 1.65 bits per heavy atom. The molecule has 1 saturated heterocycles. The molecule has 2 amide bonds. The SMILES string of the molecule is CC=O.CCC.CCCC(CCNc1cccc(CS(=O)N2CC3(CC(Nc4cccc(-c5sc(C(=O)O)c(OCC(=O)O)c5F)c4)C3)C2)c1)c1ccc2c3c(cccc13)C(=O)N2C(CCC=O)C(=O)NC. The van der Waals surface area contributed by atoms with Gasteiger partial charge in [0.05, 0.1) is 27.3 Å². The molecule has 3 atom stereocenters. The van der Waals surface area contributed by atoms with Crippen molar-refractivity contribution in [1.82, 2.24) is 9.62 Å². The van der Waals surface area contributed by atoms with Crippen molar-refractivity contribution in [1.29, 1.82) is 0 Å². The molecule has 1 spiro atoms. The van der Waals surface area contributed by atoms with Crippen LogP contribution in [0.15, 0.2) is 78.9 Å². The summed E-state index contributed by atoms with van der Waals surface area (Å²) in [7, 11) is 0.334. The molecule has 1 aromatic heterocycles. The van der Waals surface area contributed by atoms with Gasteiger partial charge in [0.2, 0.25) is 5.91 Å². The van der Waals surface area contributed by atoms with Crippen molar-refractivity contribution in [2.45, 2.75) is 103 Å². The fourth-order valence-electron chi connectivity index (χ4n) is 9.83. The minimum absolute atomic E-state index is 0.0446. The molecule has 5 N–H and O–H groups in total. The molecule has 3 unspecified atom stereocenters. The summed E-state index contributed by atoms with van der Waals surface area (Å²) >= 11 is 0.692. The quantitative estimate of drug-likeness (QED) is 0.0410. The number of carboxylic acid groups (broad SMARTS) is 2. The van der Waals surface area contributed by atoms with Gasteiger partial charge in [0.1, 0.15) is 18.6 Å². The molecule has 0 bridgehead atoms. The van der Waals surface area contributed by atoms with Gasteiger partial charge in [0.25, 0.3) is 5.91 Å². The van der Waals surface area contributed by atoms with Gasteiger partial charge in [-0.25, -0.2) is 22.5 Å². The van der Waals surface area contributed by atoms with E-state index in [-0.39, 0.29) is 46.9 Å². The molecule has 18 heteroatoms. The van der Waals surface area contributed by atoms with Crippen molar-refractivity contribution in [3.05, 3.63) is 106 Å². The van der Waals surface area contributed by atoms with E-state index in [0.29, 0.717) is 40.4 Å². The smallest absolute Gasteiger partial charge is 0.349 e. The van der Waals surface area contributed by atoms with E-state index in [0.717, 1.165) is 91.0 Å². The van der Waals surface area contributed by atoms with Crippen LogP contribution in [0.3, 0.4) is 0 Å². The summed E-state index contributed by atoms with van der Waals surface area (Å²) in [6.45, 7) is 9.15. The second-order valence-corrected chi connectivity index (χ2v) is 20.7. The zero-order valence-corrected chi connectivity index (χ0v) is 43.0. The largest absolute Gasteiger partial charge is 0.479 e. The summed E-state index contributed by atoms with van der Waals surface area (Å²) in [6.07, 6.45) is 7.68. The molecule has 1 saturated carbocycles. The zero-order chi connectivity index (χ0) is 52.1. The van der Waals surface area contributed by atoms with Crippen LogP contribution in [0, 0.1) is 11.2 Å². The summed E-state index contributed by atoms with van der Waals surface area (Å²) in [6, 6.07) is 24.2. The van der Waals surface area contributed by atoms with Crippen molar-refractivity contribution in [2.24, 2.45) is 5.41 Å². The average Bonchev–Trinajstić information content (AvgIpc) is 3.82. The number of ether oxygens (including phenoxy) is 1. The normalized spacial score (nSPS) is 15.6. The Hall–Kier alpha value is -6.50. The molecule has 2 fully saturated rings. The minimum atomic E-state index is -1.41. The molecule has 384 valence electrons. The first-order valence-electron chi connectivity index (χ1n) is 24.3. The number of halogens is 1. The highest BCUT2D eigenvalue weighted by atomic mass is 32.2. The maximum absolute atomic E-state index is 15.3. The van der Waals surface area contributed by atoms with E-state index in [9.17, 15) is 33.3 Å². The van der Waals surface area contributed by atoms with E-state index in [1.54, 1.807) is 23.1 Å². The van der Waals surface area contributed by atoms with Gasteiger partial charge in [0.15, 0.2) is 23.1 Å². The maximum atomic E-state index is 15.3. The molecule has 0 radical (unpaired) electrons. The number of carbonyl (C=O) groups is 6. The predicted molar refractivity (Wildman–Crippen MR) is 281 cm³/mol. The van der Waals surface area contributed by atoms with Crippen LogP contribution in [0.4, 0.5) is 21.5 Å². The van der Waals surface area contributed by atoms with Gasteiger partial charge < -0.3 is 40.5 Å². The number of aromatic carboxylic acids is 1. The molecular weight excluding hydrogens is 962 g/mol. The monoisotopic (exact) mass is 1030 g/mol. The maximum Gasteiger partial charge on any atom is 0.349 e. The predicted octanol–water partition coefficient (Wildman–Crippen LogP) is 9.67. The molecule has 8 rings (SSSR count). The van der Waals surface area contributed by atoms with Crippen molar-refractivity contribution < 1.29 is 52.3 Å². The number of carboxylic acids is 2. The lowest BCUT2D eigenvalue weighted by Crippen LogP contribution is -2.65. The van der Waals surface area contributed by atoms with Gasteiger partial charge in [0, 0.05) is 66.9 Å². The van der Waals surface area contributed by atoms with Gasteiger partial charge in [-0.1, -0.05) is 76.1 Å². The second kappa shape index (κ2) is 25.2. The number of likely N-dealkylation sites (N-methyl/N-ethyl adjacent to an activating group) is 1. The number of aliphatic carboxylic acids is 1. The van der Waals surface area contributed by atoms with E-state index in [2.05, 4.69) is 54.9 Å². The average molecular weight is 1030 g/mol. The van der Waals surface area contributed by atoms with E-state index in [1.807, 2.05) is 46.8 Å². The minimum Gasteiger partial charge on any atom is -0.479 e. The summed E-state index contributed by atoms with van der Waals surface area (Å²) < 4.78 is 35.9. The van der Waals surface area contributed by atoms with Crippen LogP contribution in [0.5, 0.6) is 5.75 Å². The van der Waals surface area contributed by atoms with Crippen molar-refractivity contribution in [3.8, 4) is 16.2 Å². The lowest BCUT2D eigenvalue weighted by atomic mass is 9.61. The number of amides is 2. The number of benzene rings is 4. The van der Waals surface area contributed by atoms with E-state index in [4.69, 9.17) is 14.6 Å². The number of hydrogen-bond acceptors (Lipinski definition) is 11. The second-order valence-electron chi connectivity index (χ2n) is 18.3. The van der Waals surface area contributed by atoms with Gasteiger partial charge in [-0.15, -0.1) is 11.3 Å². The first kappa shape index (κ1) is 54.8. The highest BCUT2D eigenvalue weighted by molar-refractivity contribution is 7.81. The van der Waals surface area contributed by atoms with Gasteiger partial charge in [-0.05, 0) is 103 Å². The van der Waals surface area contributed by atoms with Gasteiger partial charge >= 0.3 is 11.9 Å². The van der Waals surface area contributed by atoms with E-state index >= 15 is 4.39 Å². The summed E-state index contributed by atoms with van der Waals surface area (Å²) in [5, 5.41) is 30.1. The molecule has 4 aromatic carbocycles. The van der Waals surface area contributed by atoms with Gasteiger partial charge in [-0.3, -0.25) is 14.5 Å². The highest BCUT2D eigenvalue weighted by Gasteiger charge is 2.53. The molecule has 2 aliphatic heterocycles. The third-order valence-corrected chi connectivity index (χ3v) is 15.4. The molecule has 72 heavy (non-hydrogen) atoms. The lowest BCUT2D eigenvalue weighted by Gasteiger charge is -2.58. The van der Waals surface area contributed by atoms with Gasteiger partial charge in [-0.2, -0.15) is 0 Å². The number of aldehydes is 2. The third kappa shape index (κ3) is 12.6. The Labute approximate surface area is 426 Å². The highest BCUT2D eigenvalue weighted by Crippen LogP contribution is 2.50. The molecule has 3 heterocycles. The number of hydrogen-bond donors (Lipinski definition) is 5. The molecule has 3 aliphatic rings. The van der Waals surface area contributed by atoms with Crippen LogP contribution >= 0.6 is 11.3 Å². The first-order chi connectivity index (χ1) is 34.7. The summed E-state index contributed by atoms with van der Waals surface area (Å²) in [5.41, 5.74) is 5.59. The molecular formula is C54H64FN5O10S2. The Kier molecular flexibility index (Phi) is 19.2. The van der Waals surface area contributed by atoms with Crippen molar-refractivity contribution in [2.75, 3.05) is 48.8 Å². The number of nitrogens with zero attached hydrogens (tertiary/aromatic N) is 2. The van der Waals surface area contributed by atoms with Crippen LogP contribution < -0.4 is 25.6 Å². The van der Waals surface area contributed by atoms with Crippen molar-refractivity contribution >= 4 is 86.5 Å². The first-order valence-corrected chi connectivity index (χ1v) is 26.4. The zero-order valence-electron chi connectivity index (χ0n) is 41.3. The Morgan fingerprint density at radius 1 is 0.958 bits per heavy atom. The molecule has 1 aliphatic carbocycles. The fraction of sp³-hybridized carbons (Fsp3) is 0.407. The van der Waals surface area contributed by atoms with Crippen LogP contribution in [0.25, 0.3) is 21.2 Å². The standard InChI is InChI=1S/C49H52FN5O9S2.C3H8.C2H4O/c1-3-8-30(35-16-17-38-41-36(35)13-6-14-37(41)47(60)55(38)39(15-7-20-56)46(59)51-2)18-19-52-32-11-4-9-29(21-32)26-66(63)54-27-49(28-54)23-34(24-49)53-33-12-5-10-31(22-33)44-42(50)43(64-25-40(57)58)45(65-44)48(61)62;1-3-2;1-2-3/h4-6,9-14,16-17,20-22,30,34,39,52-53H,3,7-8,15,18-19,23-28H2,1-2H3,(H,51,59)(H,57,58)(H,61,62);3H2,1-2H3;2H,1H3. The van der Waals surface area contributed by atoms with Crippen LogP contribution in [0.2, 0.25) is 0 Å². The van der Waals surface area contributed by atoms with Crippen LogP contribution in [0.1, 0.15) is 116 Å². The van der Waals surface area contributed by atoms with E-state index < -0.39 is 52.0 Å². The number of nitrogens with one attached hydrogen (secondary N) is 3. The third-order valence-electron chi connectivity index (χ3n) is 12.8. The molecule has 15 nitrogen and oxygen atoms in total. The Balaban J connectivity index is 0.00000134. The summed E-state index contributed by atoms with van der Waals surface area (Å²) in [5.74, 6) is -4.19. The van der Waals surface area contributed by atoms with Crippen LogP contribution in [-0.2, 0) is 35.9 Å². The van der Waals surface area contributed by atoms with E-state index in [1.165, 1.54) is 20.4 Å². The Morgan fingerprint density at radius 3 is 2.32 bits per heavy atom. The lowest BCUT2D eigenvalue weighted by molar-refractivity contribution is -0.139. The van der Waals surface area contributed by atoms with Crippen molar-refractivity contribution in [3.63, 3.8) is 0 Å². The number of carbonyl (C=O) groups excluding carboxylic acids is 4. The number of rotatable bonds is 22. The van der Waals surface area contributed by atoms with Crippen LogP contribution in [-0.4, -0.2) is 100 Å². The number of thiophene rings is 1. The molecule has 5 aromatic rings. The number of anilines is 3. The topological polar surface area (TPSA) is 212 Å². The summed E-state index contributed by atoms with van der Waals surface area (Å²) in [4.78, 5) is 70.7. The Bertz CT molecular complexity index is 2790. The fourth-order valence-corrected chi connectivity index (χ4v) is 12.3.